The van der Waals surface area contributed by atoms with Crippen molar-refractivity contribution in [2.45, 2.75) is 58.3 Å². The lowest BCUT2D eigenvalue weighted by atomic mass is 9.75. The molecule has 4 rings (SSSR count). The van der Waals surface area contributed by atoms with Crippen LogP contribution >= 0.6 is 0 Å². The molecule has 4 nitrogen and oxygen atoms in total. The molecular formula is C23H28N4. The molecule has 0 bridgehead atoms. The average Bonchev–Trinajstić information content (AvgIpc) is 3.25. The number of hydrogen-bond acceptors (Lipinski definition) is 2. The fourth-order valence-electron chi connectivity index (χ4n) is 4.00. The highest BCUT2D eigenvalue weighted by molar-refractivity contribution is 5.83. The summed E-state index contributed by atoms with van der Waals surface area (Å²) in [7, 11) is 0. The Hall–Kier alpha value is -2.62. The molecule has 0 spiro atoms. The maximum atomic E-state index is 4.58. The van der Waals surface area contributed by atoms with E-state index in [1.165, 1.54) is 22.0 Å². The predicted molar refractivity (Wildman–Crippen MR) is 111 cm³/mol. The van der Waals surface area contributed by atoms with Crippen LogP contribution in [0.5, 0.6) is 0 Å². The third kappa shape index (κ3) is 3.03. The van der Waals surface area contributed by atoms with Crippen LogP contribution in [-0.4, -0.2) is 19.8 Å². The average molecular weight is 361 g/mol. The smallest absolute Gasteiger partial charge is 0.0754 e. The summed E-state index contributed by atoms with van der Waals surface area (Å²) < 4.78 is 1.97. The van der Waals surface area contributed by atoms with Crippen molar-refractivity contribution in [3.8, 4) is 0 Å². The third-order valence-corrected chi connectivity index (χ3v) is 5.79. The monoisotopic (exact) mass is 360 g/mol. The summed E-state index contributed by atoms with van der Waals surface area (Å²) in [4.78, 5) is 0. The van der Waals surface area contributed by atoms with E-state index < -0.39 is 0 Å². The molecule has 0 aliphatic heterocycles. The molecule has 3 aromatic heterocycles. The van der Waals surface area contributed by atoms with E-state index in [9.17, 15) is 0 Å². The summed E-state index contributed by atoms with van der Waals surface area (Å²) in [5.41, 5.74) is 6.14. The second kappa shape index (κ2) is 6.22. The van der Waals surface area contributed by atoms with Crippen LogP contribution in [0.15, 0.2) is 48.8 Å². The number of nitrogens with zero attached hydrogens (tertiary/aromatic N) is 3. The van der Waals surface area contributed by atoms with Crippen molar-refractivity contribution >= 4 is 16.4 Å². The molecule has 3 heterocycles. The molecule has 0 amide bonds. The summed E-state index contributed by atoms with van der Waals surface area (Å²) in [5.74, 6) is 0. The van der Waals surface area contributed by atoms with Gasteiger partial charge in [-0.2, -0.15) is 10.2 Å². The second-order valence-corrected chi connectivity index (χ2v) is 8.88. The Kier molecular flexibility index (Phi) is 4.10. The van der Waals surface area contributed by atoms with E-state index in [4.69, 9.17) is 0 Å². The largest absolute Gasteiger partial charge is 0.278 e. The van der Waals surface area contributed by atoms with Crippen molar-refractivity contribution in [2.75, 3.05) is 0 Å². The summed E-state index contributed by atoms with van der Waals surface area (Å²) in [6.07, 6.45) is 6.08. The number of rotatable bonds is 4. The molecule has 0 aliphatic rings. The third-order valence-electron chi connectivity index (χ3n) is 5.79. The highest BCUT2D eigenvalue weighted by atomic mass is 15.2. The van der Waals surface area contributed by atoms with Crippen molar-refractivity contribution in [2.24, 2.45) is 0 Å². The van der Waals surface area contributed by atoms with Gasteiger partial charge in [0.05, 0.1) is 22.9 Å². The Balaban J connectivity index is 1.77. The van der Waals surface area contributed by atoms with Gasteiger partial charge < -0.3 is 0 Å². The lowest BCUT2D eigenvalue weighted by Gasteiger charge is -2.28. The molecule has 0 saturated carbocycles. The van der Waals surface area contributed by atoms with Crippen LogP contribution in [0.2, 0.25) is 0 Å². The first kappa shape index (κ1) is 17.8. The number of fused-ring (bicyclic) bond motifs is 2. The molecule has 0 fully saturated rings. The summed E-state index contributed by atoms with van der Waals surface area (Å²) in [6, 6.07) is 13.0. The van der Waals surface area contributed by atoms with Crippen LogP contribution in [0.4, 0.5) is 0 Å². The molecule has 0 radical (unpaired) electrons. The standard InChI is InChI=1S/C23H28N4/c1-6-23(5,18-15-24-27-12-8-7-9-20(18)27)14-16-10-11-19-17(13-16)21(26-25-19)22(2,3)4/h7-13,15H,6,14H2,1-5H3,(H,25,26). The van der Waals surface area contributed by atoms with E-state index in [1.54, 1.807) is 0 Å². The molecule has 27 heavy (non-hydrogen) atoms. The van der Waals surface area contributed by atoms with Gasteiger partial charge in [0.25, 0.3) is 0 Å². The van der Waals surface area contributed by atoms with Crippen LogP contribution in [0, 0.1) is 0 Å². The van der Waals surface area contributed by atoms with Gasteiger partial charge in [0.15, 0.2) is 0 Å². The van der Waals surface area contributed by atoms with Crippen LogP contribution in [0.1, 0.15) is 57.9 Å². The van der Waals surface area contributed by atoms with Gasteiger partial charge in [-0.05, 0) is 48.1 Å². The highest BCUT2D eigenvalue weighted by Crippen LogP contribution is 2.36. The van der Waals surface area contributed by atoms with E-state index in [2.05, 4.69) is 80.2 Å². The highest BCUT2D eigenvalue weighted by Gasteiger charge is 2.29. The van der Waals surface area contributed by atoms with Gasteiger partial charge in [0.1, 0.15) is 0 Å². The number of H-pyrrole nitrogens is 1. The molecule has 1 unspecified atom stereocenters. The first-order chi connectivity index (χ1) is 12.8. The number of benzene rings is 1. The van der Waals surface area contributed by atoms with Crippen molar-refractivity contribution < 1.29 is 0 Å². The van der Waals surface area contributed by atoms with Crippen molar-refractivity contribution in [1.29, 1.82) is 0 Å². The van der Waals surface area contributed by atoms with E-state index >= 15 is 0 Å². The molecule has 0 saturated heterocycles. The first-order valence-corrected chi connectivity index (χ1v) is 9.72. The zero-order chi connectivity index (χ0) is 19.2. The minimum Gasteiger partial charge on any atom is -0.278 e. The lowest BCUT2D eigenvalue weighted by Crippen LogP contribution is -2.24. The molecule has 1 aromatic carbocycles. The van der Waals surface area contributed by atoms with Crippen LogP contribution in [0.25, 0.3) is 16.4 Å². The van der Waals surface area contributed by atoms with E-state index in [-0.39, 0.29) is 10.8 Å². The van der Waals surface area contributed by atoms with Crippen molar-refractivity contribution in [1.82, 2.24) is 19.8 Å². The maximum Gasteiger partial charge on any atom is 0.0754 e. The number of pyridine rings is 1. The molecule has 4 heteroatoms. The minimum absolute atomic E-state index is 0.0212. The Labute approximate surface area is 160 Å². The number of aromatic nitrogens is 4. The topological polar surface area (TPSA) is 46.0 Å². The van der Waals surface area contributed by atoms with Crippen LogP contribution in [-0.2, 0) is 17.3 Å². The summed E-state index contributed by atoms with van der Waals surface area (Å²) in [6.45, 7) is 11.3. The second-order valence-electron chi connectivity index (χ2n) is 8.88. The van der Waals surface area contributed by atoms with E-state index in [1.807, 2.05) is 23.0 Å². The minimum atomic E-state index is 0.0212. The first-order valence-electron chi connectivity index (χ1n) is 9.72. The lowest BCUT2D eigenvalue weighted by molar-refractivity contribution is 0.455. The number of hydrogen-bond donors (Lipinski definition) is 1. The van der Waals surface area contributed by atoms with Gasteiger partial charge in [-0.15, -0.1) is 0 Å². The zero-order valence-electron chi connectivity index (χ0n) is 16.9. The van der Waals surface area contributed by atoms with Crippen LogP contribution < -0.4 is 0 Å². The predicted octanol–water partition coefficient (Wildman–Crippen LogP) is 5.42. The fraction of sp³-hybridized carbons (Fsp3) is 0.391. The van der Waals surface area contributed by atoms with E-state index in [0.717, 1.165) is 24.1 Å². The molecular weight excluding hydrogens is 332 g/mol. The Morgan fingerprint density at radius 3 is 2.63 bits per heavy atom. The summed E-state index contributed by atoms with van der Waals surface area (Å²) >= 11 is 0. The van der Waals surface area contributed by atoms with Gasteiger partial charge in [0, 0.05) is 22.6 Å². The number of aromatic amines is 1. The van der Waals surface area contributed by atoms with Crippen molar-refractivity contribution in [3.05, 3.63) is 65.6 Å². The van der Waals surface area contributed by atoms with Gasteiger partial charge in [-0.3, -0.25) is 5.10 Å². The van der Waals surface area contributed by atoms with E-state index in [0.29, 0.717) is 0 Å². The van der Waals surface area contributed by atoms with Crippen LogP contribution in [0.3, 0.4) is 0 Å². The molecule has 0 aliphatic carbocycles. The Morgan fingerprint density at radius 1 is 1.07 bits per heavy atom. The van der Waals surface area contributed by atoms with Crippen molar-refractivity contribution in [3.63, 3.8) is 0 Å². The molecule has 1 atom stereocenters. The fourth-order valence-corrected chi connectivity index (χ4v) is 4.00. The maximum absolute atomic E-state index is 4.58. The molecule has 4 aromatic rings. The van der Waals surface area contributed by atoms with Gasteiger partial charge in [-0.1, -0.05) is 46.8 Å². The molecule has 140 valence electrons. The number of nitrogens with one attached hydrogen (secondary N) is 1. The summed E-state index contributed by atoms with van der Waals surface area (Å²) in [5, 5.41) is 13.6. The SMILES string of the molecule is CCC(C)(Cc1ccc2[nH]nc(C(C)(C)C)c2c1)c1cnn2ccccc12. The normalized spacial score (nSPS) is 14.7. The quantitative estimate of drug-likeness (QED) is 0.528. The molecule has 1 N–H and O–H groups in total. The Morgan fingerprint density at radius 2 is 1.89 bits per heavy atom. The zero-order valence-corrected chi connectivity index (χ0v) is 16.9. The Bertz CT molecular complexity index is 1100. The van der Waals surface area contributed by atoms with Gasteiger partial charge in [-0.25, -0.2) is 4.52 Å². The van der Waals surface area contributed by atoms with Gasteiger partial charge in [0.2, 0.25) is 0 Å². The van der Waals surface area contributed by atoms with Gasteiger partial charge >= 0.3 is 0 Å².